The minimum atomic E-state index is -3.49. The molecule has 2 N–H and O–H groups in total. The molecular weight excluding hydrogens is 403 g/mol. The highest BCUT2D eigenvalue weighted by molar-refractivity contribution is 14.1. The zero-order valence-electron chi connectivity index (χ0n) is 11.1. The predicted octanol–water partition coefficient (Wildman–Crippen LogP) is 2.45. The molecule has 110 valence electrons. The number of rotatable bonds is 4. The highest BCUT2D eigenvalue weighted by atomic mass is 127. The van der Waals surface area contributed by atoms with Crippen LogP contribution in [0.25, 0.3) is 0 Å². The Morgan fingerprint density at radius 3 is 2.10 bits per heavy atom. The summed E-state index contributed by atoms with van der Waals surface area (Å²) in [6.07, 6.45) is 0. The monoisotopic (exact) mass is 416 g/mol. The Morgan fingerprint density at radius 2 is 1.57 bits per heavy atom. The van der Waals surface area contributed by atoms with Gasteiger partial charge in [0, 0.05) is 14.8 Å². The summed E-state index contributed by atoms with van der Waals surface area (Å²) >= 11 is 2.18. The molecule has 7 heteroatoms. The fourth-order valence-electron chi connectivity index (χ4n) is 1.64. The first-order valence-electron chi connectivity index (χ1n) is 6.03. The molecule has 0 aliphatic heterocycles. The summed E-state index contributed by atoms with van der Waals surface area (Å²) in [6.45, 7) is 0. The lowest BCUT2D eigenvalue weighted by molar-refractivity contribution is 0.102. The third-order valence-corrected chi connectivity index (χ3v) is 4.95. The lowest BCUT2D eigenvalue weighted by atomic mass is 10.2. The van der Waals surface area contributed by atoms with Crippen LogP contribution in [0.5, 0.6) is 0 Å². The zero-order chi connectivity index (χ0) is 15.5. The maximum absolute atomic E-state index is 12.1. The van der Waals surface area contributed by atoms with Crippen LogP contribution in [0.4, 0.5) is 5.69 Å². The molecule has 0 saturated heterocycles. The van der Waals surface area contributed by atoms with E-state index < -0.39 is 10.0 Å². The first kappa shape index (κ1) is 15.9. The van der Waals surface area contributed by atoms with Crippen molar-refractivity contribution in [2.24, 2.45) is 0 Å². The van der Waals surface area contributed by atoms with Crippen molar-refractivity contribution in [2.45, 2.75) is 4.90 Å². The van der Waals surface area contributed by atoms with Crippen molar-refractivity contribution in [1.82, 2.24) is 4.72 Å². The predicted molar refractivity (Wildman–Crippen MR) is 89.8 cm³/mol. The molecule has 1 amide bonds. The van der Waals surface area contributed by atoms with E-state index in [0.29, 0.717) is 11.3 Å². The summed E-state index contributed by atoms with van der Waals surface area (Å²) in [5.41, 5.74) is 1.08. The van der Waals surface area contributed by atoms with Gasteiger partial charge in [0.1, 0.15) is 0 Å². The van der Waals surface area contributed by atoms with E-state index in [-0.39, 0.29) is 10.8 Å². The molecule has 0 atom stereocenters. The molecule has 0 heterocycles. The van der Waals surface area contributed by atoms with E-state index >= 15 is 0 Å². The van der Waals surface area contributed by atoms with Crippen LogP contribution in [-0.2, 0) is 10.0 Å². The fourth-order valence-corrected chi connectivity index (χ4v) is 2.73. The normalized spacial score (nSPS) is 11.1. The molecule has 0 saturated carbocycles. The number of anilines is 1. The van der Waals surface area contributed by atoms with E-state index in [1.165, 1.54) is 31.3 Å². The van der Waals surface area contributed by atoms with Crippen LogP contribution in [-0.4, -0.2) is 21.4 Å². The Hall–Kier alpha value is -1.45. The summed E-state index contributed by atoms with van der Waals surface area (Å²) in [5.74, 6) is -0.287. The van der Waals surface area contributed by atoms with Gasteiger partial charge in [-0.05, 0) is 78.2 Å². The van der Waals surface area contributed by atoms with Crippen molar-refractivity contribution in [3.8, 4) is 0 Å². The van der Waals surface area contributed by atoms with Gasteiger partial charge in [-0.1, -0.05) is 0 Å². The van der Waals surface area contributed by atoms with Gasteiger partial charge in [0.25, 0.3) is 5.91 Å². The number of sulfonamides is 1. The van der Waals surface area contributed by atoms with Crippen LogP contribution in [0.15, 0.2) is 53.4 Å². The van der Waals surface area contributed by atoms with Crippen LogP contribution >= 0.6 is 22.6 Å². The standard InChI is InChI=1S/C14H13IN2O3S/c1-16-21(19,20)13-8-2-10(3-9-13)14(18)17-12-6-4-11(15)5-7-12/h2-9,16H,1H3,(H,17,18). The van der Waals surface area contributed by atoms with Gasteiger partial charge in [-0.2, -0.15) is 0 Å². The number of amides is 1. The minimum absolute atomic E-state index is 0.121. The number of benzene rings is 2. The van der Waals surface area contributed by atoms with E-state index in [4.69, 9.17) is 0 Å². The number of nitrogens with one attached hydrogen (secondary N) is 2. The summed E-state index contributed by atoms with van der Waals surface area (Å²) in [7, 11) is -2.15. The smallest absolute Gasteiger partial charge is 0.255 e. The van der Waals surface area contributed by atoms with E-state index in [1.807, 2.05) is 12.1 Å². The van der Waals surface area contributed by atoms with Gasteiger partial charge in [0.2, 0.25) is 10.0 Å². The second kappa shape index (κ2) is 6.54. The molecule has 0 aliphatic rings. The second-order valence-corrected chi connectivity index (χ2v) is 7.33. The molecule has 0 fully saturated rings. The third kappa shape index (κ3) is 4.02. The summed E-state index contributed by atoms with van der Waals surface area (Å²) in [6, 6.07) is 13.1. The van der Waals surface area contributed by atoms with Gasteiger partial charge >= 0.3 is 0 Å². The van der Waals surface area contributed by atoms with Crippen molar-refractivity contribution in [3.05, 3.63) is 57.7 Å². The molecule has 0 radical (unpaired) electrons. The Balaban J connectivity index is 2.15. The zero-order valence-corrected chi connectivity index (χ0v) is 14.1. The molecular formula is C14H13IN2O3S. The van der Waals surface area contributed by atoms with Gasteiger partial charge in [-0.15, -0.1) is 0 Å². The van der Waals surface area contributed by atoms with E-state index in [9.17, 15) is 13.2 Å². The van der Waals surface area contributed by atoms with Crippen LogP contribution in [0, 0.1) is 3.57 Å². The van der Waals surface area contributed by atoms with Crippen LogP contribution < -0.4 is 10.0 Å². The molecule has 2 aromatic carbocycles. The SMILES string of the molecule is CNS(=O)(=O)c1ccc(C(=O)Nc2ccc(I)cc2)cc1. The third-order valence-electron chi connectivity index (χ3n) is 2.80. The number of carbonyl (C=O) groups excluding carboxylic acids is 1. The molecule has 2 rings (SSSR count). The molecule has 0 spiro atoms. The Bertz CT molecular complexity index is 741. The molecule has 5 nitrogen and oxygen atoms in total. The largest absolute Gasteiger partial charge is 0.322 e. The van der Waals surface area contributed by atoms with Crippen molar-refractivity contribution in [1.29, 1.82) is 0 Å². The first-order valence-corrected chi connectivity index (χ1v) is 8.59. The molecule has 21 heavy (non-hydrogen) atoms. The molecule has 0 aliphatic carbocycles. The Morgan fingerprint density at radius 1 is 1.00 bits per heavy atom. The lowest BCUT2D eigenvalue weighted by Gasteiger charge is -2.06. The van der Waals surface area contributed by atoms with Crippen molar-refractivity contribution in [3.63, 3.8) is 0 Å². The van der Waals surface area contributed by atoms with Crippen molar-refractivity contribution < 1.29 is 13.2 Å². The molecule has 0 aromatic heterocycles. The number of carbonyl (C=O) groups is 1. The van der Waals surface area contributed by atoms with Gasteiger partial charge < -0.3 is 5.32 Å². The van der Waals surface area contributed by atoms with Crippen LogP contribution in [0.2, 0.25) is 0 Å². The van der Waals surface area contributed by atoms with Crippen molar-refractivity contribution in [2.75, 3.05) is 12.4 Å². The van der Waals surface area contributed by atoms with Gasteiger partial charge in [-0.3, -0.25) is 4.79 Å². The lowest BCUT2D eigenvalue weighted by Crippen LogP contribution is -2.19. The van der Waals surface area contributed by atoms with E-state index in [1.54, 1.807) is 12.1 Å². The first-order chi connectivity index (χ1) is 9.92. The van der Waals surface area contributed by atoms with Crippen LogP contribution in [0.1, 0.15) is 10.4 Å². The summed E-state index contributed by atoms with van der Waals surface area (Å²) in [4.78, 5) is 12.2. The number of hydrogen-bond donors (Lipinski definition) is 2. The molecule has 2 aromatic rings. The van der Waals surface area contributed by atoms with Crippen molar-refractivity contribution >= 4 is 44.2 Å². The number of halogens is 1. The molecule has 0 bridgehead atoms. The van der Waals surface area contributed by atoms with Gasteiger partial charge in [0.15, 0.2) is 0 Å². The molecule has 0 unspecified atom stereocenters. The van der Waals surface area contributed by atoms with Gasteiger partial charge in [-0.25, -0.2) is 13.1 Å². The minimum Gasteiger partial charge on any atom is -0.322 e. The van der Waals surface area contributed by atoms with Crippen LogP contribution in [0.3, 0.4) is 0 Å². The van der Waals surface area contributed by atoms with E-state index in [0.717, 1.165) is 3.57 Å². The van der Waals surface area contributed by atoms with Gasteiger partial charge in [0.05, 0.1) is 4.90 Å². The second-order valence-electron chi connectivity index (χ2n) is 4.19. The Kier molecular flexibility index (Phi) is 4.96. The summed E-state index contributed by atoms with van der Waals surface area (Å²) in [5, 5.41) is 2.75. The average molecular weight is 416 g/mol. The van der Waals surface area contributed by atoms with E-state index in [2.05, 4.69) is 32.6 Å². The quantitative estimate of drug-likeness (QED) is 0.753. The number of hydrogen-bond acceptors (Lipinski definition) is 3. The topological polar surface area (TPSA) is 75.3 Å². The highest BCUT2D eigenvalue weighted by Gasteiger charge is 2.12. The summed E-state index contributed by atoms with van der Waals surface area (Å²) < 4.78 is 26.5. The maximum atomic E-state index is 12.1. The Labute approximate surface area is 137 Å². The highest BCUT2D eigenvalue weighted by Crippen LogP contribution is 2.14. The fraction of sp³-hybridized carbons (Fsp3) is 0.0714. The average Bonchev–Trinajstić information content (AvgIpc) is 2.49. The maximum Gasteiger partial charge on any atom is 0.255 e.